The molecule has 1 amide bonds. The van der Waals surface area contributed by atoms with Crippen LogP contribution in [0.3, 0.4) is 0 Å². The number of methoxy groups -OCH3 is 1. The van der Waals surface area contributed by atoms with Gasteiger partial charge in [0.1, 0.15) is 18.2 Å². The van der Waals surface area contributed by atoms with E-state index in [1.807, 2.05) is 45.3 Å². The number of benzene rings is 1. The maximum Gasteiger partial charge on any atom is 0.412 e. The molecule has 1 heterocycles. The Morgan fingerprint density at radius 2 is 1.93 bits per heavy atom. The molecule has 3 N–H and O–H groups in total. The molecule has 0 unspecified atom stereocenters. The van der Waals surface area contributed by atoms with Crippen molar-refractivity contribution in [2.75, 3.05) is 33.1 Å². The monoisotopic (exact) mass is 414 g/mol. The summed E-state index contributed by atoms with van der Waals surface area (Å²) in [5.41, 5.74) is 9.04. The lowest BCUT2D eigenvalue weighted by Gasteiger charge is -2.27. The summed E-state index contributed by atoms with van der Waals surface area (Å²) in [4.78, 5) is 17.7. The smallest absolute Gasteiger partial charge is 0.412 e. The first-order chi connectivity index (χ1) is 14.1. The number of amides is 1. The first-order valence-electron chi connectivity index (χ1n) is 10.1. The molecule has 0 saturated carbocycles. The van der Waals surface area contributed by atoms with Crippen molar-refractivity contribution in [2.24, 2.45) is 11.7 Å². The van der Waals surface area contributed by atoms with Gasteiger partial charge in [0, 0.05) is 23.8 Å². The number of nitrogens with zero attached hydrogens (tertiary/aromatic N) is 2. The molecule has 0 aliphatic heterocycles. The van der Waals surface area contributed by atoms with Gasteiger partial charge in [-0.25, -0.2) is 9.78 Å². The van der Waals surface area contributed by atoms with Gasteiger partial charge in [-0.3, -0.25) is 5.32 Å². The number of rotatable bonds is 9. The quantitative estimate of drug-likeness (QED) is 0.641. The van der Waals surface area contributed by atoms with E-state index < -0.39 is 6.09 Å². The molecular formula is C23H34N4O3. The van der Waals surface area contributed by atoms with Crippen molar-refractivity contribution < 1.29 is 14.3 Å². The molecule has 0 bridgehead atoms. The predicted molar refractivity (Wildman–Crippen MR) is 121 cm³/mol. The first kappa shape index (κ1) is 23.6. The fourth-order valence-corrected chi connectivity index (χ4v) is 3.43. The van der Waals surface area contributed by atoms with Gasteiger partial charge in [0.2, 0.25) is 0 Å². The zero-order valence-corrected chi connectivity index (χ0v) is 18.9. The maximum atomic E-state index is 11.5. The van der Waals surface area contributed by atoms with Crippen molar-refractivity contribution in [1.82, 2.24) is 9.88 Å². The number of carbonyl (C=O) groups is 1. The minimum Gasteiger partial charge on any atom is -0.491 e. The Hall–Kier alpha value is -2.64. The molecule has 0 fully saturated rings. The van der Waals surface area contributed by atoms with E-state index in [0.29, 0.717) is 18.3 Å². The molecule has 1 atom stereocenters. The van der Waals surface area contributed by atoms with Crippen LogP contribution in [0.15, 0.2) is 36.5 Å². The van der Waals surface area contributed by atoms with Crippen LogP contribution in [0.5, 0.6) is 5.75 Å². The largest absolute Gasteiger partial charge is 0.491 e. The number of pyridine rings is 1. The number of nitrogens with one attached hydrogen (secondary N) is 1. The standard InChI is InChI=1S/C23H34N4O3/c1-16(2)13-23(3,24)15-30-20-8-7-17(11-19(20)14-27(4)5)18-9-10-25-21(12-18)26-22(28)29-6/h7-12,16H,13-15,24H2,1-6H3,(H,25,26,28)/t23-/m0/s1. The molecule has 30 heavy (non-hydrogen) atoms. The van der Waals surface area contributed by atoms with E-state index in [-0.39, 0.29) is 5.54 Å². The molecule has 0 aliphatic rings. The van der Waals surface area contributed by atoms with Crippen LogP contribution in [0.25, 0.3) is 11.1 Å². The maximum absolute atomic E-state index is 11.5. The topological polar surface area (TPSA) is 89.7 Å². The fraction of sp³-hybridized carbons (Fsp3) is 0.478. The molecule has 0 spiro atoms. The van der Waals surface area contributed by atoms with E-state index >= 15 is 0 Å². The van der Waals surface area contributed by atoms with E-state index in [1.54, 1.807) is 6.20 Å². The van der Waals surface area contributed by atoms with Gasteiger partial charge in [-0.15, -0.1) is 0 Å². The minimum absolute atomic E-state index is 0.387. The van der Waals surface area contributed by atoms with Gasteiger partial charge >= 0.3 is 6.09 Å². The SMILES string of the molecule is COC(=O)Nc1cc(-c2ccc(OC[C@@](C)(N)CC(C)C)c(CN(C)C)c2)ccn1. The van der Waals surface area contributed by atoms with Crippen molar-refractivity contribution in [3.63, 3.8) is 0 Å². The lowest BCUT2D eigenvalue weighted by molar-refractivity contribution is 0.187. The van der Waals surface area contributed by atoms with Crippen LogP contribution in [-0.2, 0) is 11.3 Å². The van der Waals surface area contributed by atoms with Crippen LogP contribution < -0.4 is 15.8 Å². The number of ether oxygens (including phenoxy) is 2. The number of nitrogens with two attached hydrogens (primary N) is 1. The summed E-state index contributed by atoms with van der Waals surface area (Å²) in [6.07, 6.45) is 1.99. The summed E-state index contributed by atoms with van der Waals surface area (Å²) in [5.74, 6) is 1.77. The van der Waals surface area contributed by atoms with Gasteiger partial charge in [0.15, 0.2) is 0 Å². The van der Waals surface area contributed by atoms with Crippen LogP contribution in [0.4, 0.5) is 10.6 Å². The molecule has 7 heteroatoms. The zero-order chi connectivity index (χ0) is 22.3. The molecule has 0 aliphatic carbocycles. The van der Waals surface area contributed by atoms with Gasteiger partial charge in [-0.1, -0.05) is 19.9 Å². The Morgan fingerprint density at radius 1 is 1.23 bits per heavy atom. The normalized spacial score (nSPS) is 13.2. The van der Waals surface area contributed by atoms with E-state index in [9.17, 15) is 4.79 Å². The summed E-state index contributed by atoms with van der Waals surface area (Å²) in [6.45, 7) is 7.53. The molecule has 1 aromatic carbocycles. The van der Waals surface area contributed by atoms with E-state index in [1.165, 1.54) is 7.11 Å². The highest BCUT2D eigenvalue weighted by atomic mass is 16.5. The van der Waals surface area contributed by atoms with Crippen LogP contribution in [-0.4, -0.2) is 49.3 Å². The third-order valence-corrected chi connectivity index (χ3v) is 4.49. The second kappa shape index (κ2) is 10.4. The van der Waals surface area contributed by atoms with Crippen LogP contribution in [0.2, 0.25) is 0 Å². The van der Waals surface area contributed by atoms with Crippen molar-refractivity contribution >= 4 is 11.9 Å². The summed E-state index contributed by atoms with van der Waals surface area (Å²) in [7, 11) is 5.36. The van der Waals surface area contributed by atoms with Gasteiger partial charge in [-0.2, -0.15) is 0 Å². The highest BCUT2D eigenvalue weighted by Crippen LogP contribution is 2.29. The van der Waals surface area contributed by atoms with Gasteiger partial charge < -0.3 is 20.1 Å². The number of aromatic nitrogens is 1. The summed E-state index contributed by atoms with van der Waals surface area (Å²) >= 11 is 0. The van der Waals surface area contributed by atoms with Crippen LogP contribution in [0, 0.1) is 5.92 Å². The van der Waals surface area contributed by atoms with Crippen molar-refractivity contribution in [1.29, 1.82) is 0 Å². The molecule has 0 radical (unpaired) electrons. The summed E-state index contributed by atoms with van der Waals surface area (Å²) in [5, 5.41) is 2.59. The highest BCUT2D eigenvalue weighted by Gasteiger charge is 2.22. The molecule has 2 aromatic rings. The molecule has 1 aromatic heterocycles. The lowest BCUT2D eigenvalue weighted by Crippen LogP contribution is -2.43. The predicted octanol–water partition coefficient (Wildman–Crippen LogP) is 4.13. The van der Waals surface area contributed by atoms with Crippen molar-refractivity contribution in [2.45, 2.75) is 39.3 Å². The Kier molecular flexibility index (Phi) is 8.20. The Bertz CT molecular complexity index is 850. The second-order valence-corrected chi connectivity index (χ2v) is 8.65. The minimum atomic E-state index is -0.553. The summed E-state index contributed by atoms with van der Waals surface area (Å²) in [6, 6.07) is 9.79. The number of hydrogen-bond donors (Lipinski definition) is 2. The zero-order valence-electron chi connectivity index (χ0n) is 18.9. The average molecular weight is 415 g/mol. The molecule has 7 nitrogen and oxygen atoms in total. The second-order valence-electron chi connectivity index (χ2n) is 8.65. The average Bonchev–Trinajstić information content (AvgIpc) is 2.65. The molecular weight excluding hydrogens is 380 g/mol. The number of hydrogen-bond acceptors (Lipinski definition) is 6. The first-order valence-corrected chi connectivity index (χ1v) is 10.1. The number of anilines is 1. The van der Waals surface area contributed by atoms with Crippen molar-refractivity contribution in [3.05, 3.63) is 42.1 Å². The van der Waals surface area contributed by atoms with E-state index in [0.717, 1.165) is 35.4 Å². The molecule has 164 valence electrons. The van der Waals surface area contributed by atoms with Crippen LogP contribution >= 0.6 is 0 Å². The van der Waals surface area contributed by atoms with Gasteiger partial charge in [-0.05, 0) is 68.8 Å². The molecule has 2 rings (SSSR count). The van der Waals surface area contributed by atoms with Crippen molar-refractivity contribution in [3.8, 4) is 16.9 Å². The fourth-order valence-electron chi connectivity index (χ4n) is 3.43. The van der Waals surface area contributed by atoms with Crippen LogP contribution in [0.1, 0.15) is 32.8 Å². The Labute approximate surface area is 179 Å². The Balaban J connectivity index is 2.27. The summed E-state index contributed by atoms with van der Waals surface area (Å²) < 4.78 is 10.8. The lowest BCUT2D eigenvalue weighted by atomic mass is 9.93. The third kappa shape index (κ3) is 7.31. The molecule has 0 saturated heterocycles. The highest BCUT2D eigenvalue weighted by molar-refractivity contribution is 5.84. The van der Waals surface area contributed by atoms with E-state index in [4.69, 9.17) is 10.5 Å². The Morgan fingerprint density at radius 3 is 2.57 bits per heavy atom. The third-order valence-electron chi connectivity index (χ3n) is 4.49. The van der Waals surface area contributed by atoms with E-state index in [2.05, 4.69) is 39.9 Å². The van der Waals surface area contributed by atoms with Gasteiger partial charge in [0.25, 0.3) is 0 Å². The van der Waals surface area contributed by atoms with Gasteiger partial charge in [0.05, 0.1) is 7.11 Å². The number of carbonyl (C=O) groups excluding carboxylic acids is 1.